The molecule has 18 heavy (non-hydrogen) atoms. The van der Waals surface area contributed by atoms with E-state index in [0.29, 0.717) is 6.04 Å². The zero-order valence-corrected chi connectivity index (χ0v) is 12.1. The van der Waals surface area contributed by atoms with Gasteiger partial charge in [-0.15, -0.1) is 0 Å². The van der Waals surface area contributed by atoms with Gasteiger partial charge in [0.1, 0.15) is 0 Å². The summed E-state index contributed by atoms with van der Waals surface area (Å²) in [6.45, 7) is 9.08. The molecule has 108 valence electrons. The Hall–Kier alpha value is -0.160. The lowest BCUT2D eigenvalue weighted by atomic mass is 10.0. The second-order valence-corrected chi connectivity index (χ2v) is 4.93. The highest BCUT2D eigenvalue weighted by Gasteiger charge is 2.21. The summed E-state index contributed by atoms with van der Waals surface area (Å²) in [7, 11) is 1.75. The van der Waals surface area contributed by atoms with E-state index in [1.807, 2.05) is 0 Å². The average Bonchev–Trinajstić information content (AvgIpc) is 2.41. The first-order valence-corrected chi connectivity index (χ1v) is 7.40. The number of methoxy groups -OCH3 is 1. The highest BCUT2D eigenvalue weighted by Crippen LogP contribution is 2.16. The van der Waals surface area contributed by atoms with Crippen LogP contribution in [0.3, 0.4) is 0 Å². The van der Waals surface area contributed by atoms with Crippen molar-refractivity contribution in [1.29, 1.82) is 0 Å². The van der Waals surface area contributed by atoms with Crippen LogP contribution in [-0.2, 0) is 9.47 Å². The Labute approximate surface area is 112 Å². The van der Waals surface area contributed by atoms with Crippen molar-refractivity contribution >= 4 is 0 Å². The largest absolute Gasteiger partial charge is 0.383 e. The van der Waals surface area contributed by atoms with Gasteiger partial charge in [-0.05, 0) is 32.7 Å². The van der Waals surface area contributed by atoms with Gasteiger partial charge in [-0.25, -0.2) is 0 Å². The normalized spacial score (nSPS) is 21.3. The smallest absolute Gasteiger partial charge is 0.0587 e. The van der Waals surface area contributed by atoms with Gasteiger partial charge in [-0.3, -0.25) is 4.90 Å². The number of ether oxygens (including phenoxy) is 2. The number of likely N-dealkylation sites (tertiary alicyclic amines) is 1. The first-order chi connectivity index (χ1) is 8.88. The van der Waals surface area contributed by atoms with Gasteiger partial charge in [0.25, 0.3) is 0 Å². The number of nitrogens with one attached hydrogen (secondary N) is 1. The van der Waals surface area contributed by atoms with Crippen LogP contribution in [0.1, 0.15) is 32.6 Å². The van der Waals surface area contributed by atoms with Gasteiger partial charge in [0.2, 0.25) is 0 Å². The van der Waals surface area contributed by atoms with Crippen LogP contribution in [-0.4, -0.2) is 64.1 Å². The van der Waals surface area contributed by atoms with E-state index in [-0.39, 0.29) is 0 Å². The maximum absolute atomic E-state index is 5.41. The molecule has 0 spiro atoms. The molecule has 0 radical (unpaired) electrons. The Balaban J connectivity index is 2.15. The highest BCUT2D eigenvalue weighted by atomic mass is 16.5. The lowest BCUT2D eigenvalue weighted by molar-refractivity contribution is 0.103. The molecule has 1 aliphatic rings. The van der Waals surface area contributed by atoms with Crippen LogP contribution in [0, 0.1) is 0 Å². The van der Waals surface area contributed by atoms with Crippen LogP contribution in [0.5, 0.6) is 0 Å². The van der Waals surface area contributed by atoms with E-state index in [2.05, 4.69) is 17.1 Å². The first kappa shape index (κ1) is 15.9. The summed E-state index contributed by atoms with van der Waals surface area (Å²) < 4.78 is 10.5. The molecule has 1 atom stereocenters. The van der Waals surface area contributed by atoms with E-state index in [9.17, 15) is 0 Å². The number of hydrogen-bond acceptors (Lipinski definition) is 4. The quantitative estimate of drug-likeness (QED) is 0.602. The van der Waals surface area contributed by atoms with Gasteiger partial charge in [-0.2, -0.15) is 0 Å². The number of hydrogen-bond donors (Lipinski definition) is 1. The van der Waals surface area contributed by atoms with Crippen molar-refractivity contribution in [2.24, 2.45) is 0 Å². The molecule has 0 aromatic carbocycles. The van der Waals surface area contributed by atoms with E-state index in [1.54, 1.807) is 7.11 Å². The molecule has 1 heterocycles. The molecule has 0 saturated carbocycles. The molecule has 1 saturated heterocycles. The predicted molar refractivity (Wildman–Crippen MR) is 75.1 cm³/mol. The third-order valence-electron chi connectivity index (χ3n) is 3.55. The fraction of sp³-hybridized carbons (Fsp3) is 1.00. The maximum atomic E-state index is 5.41. The molecule has 0 amide bonds. The van der Waals surface area contributed by atoms with Gasteiger partial charge >= 0.3 is 0 Å². The molecule has 0 aliphatic carbocycles. The summed E-state index contributed by atoms with van der Waals surface area (Å²) in [4.78, 5) is 2.63. The minimum Gasteiger partial charge on any atom is -0.383 e. The van der Waals surface area contributed by atoms with Crippen molar-refractivity contribution in [2.45, 2.75) is 38.6 Å². The van der Waals surface area contributed by atoms with E-state index in [4.69, 9.17) is 9.47 Å². The standard InChI is InChI=1S/C14H30N2O2/c1-3-18-11-6-10-16-9-5-4-7-14(16)13-15-8-12-17-2/h14-15H,3-13H2,1-2H3. The fourth-order valence-electron chi connectivity index (χ4n) is 2.54. The molecule has 1 N–H and O–H groups in total. The monoisotopic (exact) mass is 258 g/mol. The van der Waals surface area contributed by atoms with Gasteiger partial charge in [0, 0.05) is 46.0 Å². The molecular formula is C14H30N2O2. The van der Waals surface area contributed by atoms with E-state index in [0.717, 1.165) is 39.3 Å². The maximum Gasteiger partial charge on any atom is 0.0587 e. The Morgan fingerprint density at radius 1 is 1.28 bits per heavy atom. The molecule has 0 aromatic rings. The SMILES string of the molecule is CCOCCCN1CCCCC1CNCCOC. The van der Waals surface area contributed by atoms with Crippen molar-refractivity contribution in [3.8, 4) is 0 Å². The number of rotatable bonds is 10. The minimum atomic E-state index is 0.706. The van der Waals surface area contributed by atoms with E-state index in [1.165, 1.54) is 32.4 Å². The molecule has 1 unspecified atom stereocenters. The van der Waals surface area contributed by atoms with Crippen LogP contribution in [0.25, 0.3) is 0 Å². The molecule has 1 aliphatic heterocycles. The van der Waals surface area contributed by atoms with E-state index < -0.39 is 0 Å². The van der Waals surface area contributed by atoms with Crippen LogP contribution >= 0.6 is 0 Å². The molecule has 1 fully saturated rings. The zero-order valence-electron chi connectivity index (χ0n) is 12.1. The third kappa shape index (κ3) is 6.69. The van der Waals surface area contributed by atoms with Crippen molar-refractivity contribution in [1.82, 2.24) is 10.2 Å². The van der Waals surface area contributed by atoms with Crippen LogP contribution in [0.4, 0.5) is 0 Å². The highest BCUT2D eigenvalue weighted by molar-refractivity contribution is 4.78. The molecule has 4 heteroatoms. The fourth-order valence-corrected chi connectivity index (χ4v) is 2.54. The first-order valence-electron chi connectivity index (χ1n) is 7.40. The summed E-state index contributed by atoms with van der Waals surface area (Å²) in [6.07, 6.45) is 5.21. The Morgan fingerprint density at radius 3 is 2.94 bits per heavy atom. The molecule has 0 bridgehead atoms. The minimum absolute atomic E-state index is 0.706. The van der Waals surface area contributed by atoms with Gasteiger partial charge < -0.3 is 14.8 Å². The lowest BCUT2D eigenvalue weighted by Gasteiger charge is -2.36. The molecule has 4 nitrogen and oxygen atoms in total. The number of nitrogens with zero attached hydrogens (tertiary/aromatic N) is 1. The average molecular weight is 258 g/mol. The zero-order chi connectivity index (χ0) is 13.1. The van der Waals surface area contributed by atoms with Crippen LogP contribution in [0.15, 0.2) is 0 Å². The van der Waals surface area contributed by atoms with Crippen LogP contribution in [0.2, 0.25) is 0 Å². The Kier molecular flexibility index (Phi) is 9.48. The van der Waals surface area contributed by atoms with Crippen molar-refractivity contribution < 1.29 is 9.47 Å². The Morgan fingerprint density at radius 2 is 2.17 bits per heavy atom. The third-order valence-corrected chi connectivity index (χ3v) is 3.55. The van der Waals surface area contributed by atoms with Crippen molar-refractivity contribution in [3.05, 3.63) is 0 Å². The van der Waals surface area contributed by atoms with E-state index >= 15 is 0 Å². The second-order valence-electron chi connectivity index (χ2n) is 4.93. The summed E-state index contributed by atoms with van der Waals surface area (Å²) in [5.74, 6) is 0. The second kappa shape index (κ2) is 10.7. The van der Waals surface area contributed by atoms with Gasteiger partial charge in [0.15, 0.2) is 0 Å². The molecule has 0 aromatic heterocycles. The number of piperidine rings is 1. The van der Waals surface area contributed by atoms with Crippen molar-refractivity contribution in [2.75, 3.05) is 53.1 Å². The molecule has 1 rings (SSSR count). The summed E-state index contributed by atoms with van der Waals surface area (Å²) in [5, 5.41) is 3.49. The van der Waals surface area contributed by atoms with Gasteiger partial charge in [-0.1, -0.05) is 6.42 Å². The summed E-state index contributed by atoms with van der Waals surface area (Å²) >= 11 is 0. The van der Waals surface area contributed by atoms with Gasteiger partial charge in [0.05, 0.1) is 6.61 Å². The lowest BCUT2D eigenvalue weighted by Crippen LogP contribution is -2.46. The summed E-state index contributed by atoms with van der Waals surface area (Å²) in [5.41, 5.74) is 0. The van der Waals surface area contributed by atoms with Crippen molar-refractivity contribution in [3.63, 3.8) is 0 Å². The predicted octanol–water partition coefficient (Wildman–Crippen LogP) is 1.50. The topological polar surface area (TPSA) is 33.7 Å². The molecular weight excluding hydrogens is 228 g/mol. The summed E-state index contributed by atoms with van der Waals surface area (Å²) in [6, 6.07) is 0.706. The van der Waals surface area contributed by atoms with Crippen LogP contribution < -0.4 is 5.32 Å². The Bertz CT molecular complexity index is 171.